The summed E-state index contributed by atoms with van der Waals surface area (Å²) in [7, 11) is 1.31. The van der Waals surface area contributed by atoms with Gasteiger partial charge in [-0.1, -0.05) is 6.42 Å². The van der Waals surface area contributed by atoms with Crippen molar-refractivity contribution in [3.8, 4) is 0 Å². The number of nitrogens with zero attached hydrogens (tertiary/aromatic N) is 1. The van der Waals surface area contributed by atoms with Gasteiger partial charge >= 0.3 is 5.97 Å². The quantitative estimate of drug-likeness (QED) is 0.725. The second-order valence-corrected chi connectivity index (χ2v) is 4.19. The van der Waals surface area contributed by atoms with Crippen molar-refractivity contribution in [3.05, 3.63) is 34.2 Å². The zero-order valence-electron chi connectivity index (χ0n) is 9.31. The Kier molecular flexibility index (Phi) is 3.08. The van der Waals surface area contributed by atoms with Crippen LogP contribution in [-0.4, -0.2) is 17.6 Å². The van der Waals surface area contributed by atoms with Crippen molar-refractivity contribution in [2.24, 2.45) is 5.92 Å². The molecule has 16 heavy (non-hydrogen) atoms. The molecule has 0 saturated heterocycles. The maximum atomic E-state index is 11.7. The standard InChI is InChI=1S/C12H15NO3/c1-16-12(15)10-5-6-13(11(14)7-10)8-9-3-2-4-9/h5-7,9H,2-4,8H2,1H3. The van der Waals surface area contributed by atoms with Gasteiger partial charge in [0.1, 0.15) is 0 Å². The summed E-state index contributed by atoms with van der Waals surface area (Å²) >= 11 is 0. The van der Waals surface area contributed by atoms with Gasteiger partial charge in [0.2, 0.25) is 0 Å². The largest absolute Gasteiger partial charge is 0.465 e. The van der Waals surface area contributed by atoms with E-state index in [1.807, 2.05) is 0 Å². The van der Waals surface area contributed by atoms with Gasteiger partial charge in [-0.3, -0.25) is 4.79 Å². The molecule has 1 aromatic rings. The van der Waals surface area contributed by atoms with Crippen LogP contribution in [0.5, 0.6) is 0 Å². The van der Waals surface area contributed by atoms with Crippen LogP contribution in [0.25, 0.3) is 0 Å². The van der Waals surface area contributed by atoms with E-state index in [2.05, 4.69) is 4.74 Å². The molecule has 0 atom stereocenters. The van der Waals surface area contributed by atoms with Crippen LogP contribution in [0.3, 0.4) is 0 Å². The monoisotopic (exact) mass is 221 g/mol. The Bertz CT molecular complexity index is 446. The zero-order chi connectivity index (χ0) is 11.5. The molecule has 1 aromatic heterocycles. The fraction of sp³-hybridized carbons (Fsp3) is 0.500. The van der Waals surface area contributed by atoms with E-state index in [1.165, 1.54) is 32.4 Å². The van der Waals surface area contributed by atoms with Gasteiger partial charge in [0, 0.05) is 18.8 Å². The van der Waals surface area contributed by atoms with Crippen molar-refractivity contribution in [1.82, 2.24) is 4.57 Å². The van der Waals surface area contributed by atoms with E-state index in [-0.39, 0.29) is 5.56 Å². The number of carbonyl (C=O) groups is 1. The molecule has 1 fully saturated rings. The Hall–Kier alpha value is -1.58. The average molecular weight is 221 g/mol. The first-order chi connectivity index (χ1) is 7.70. The van der Waals surface area contributed by atoms with Crippen molar-refractivity contribution in [3.63, 3.8) is 0 Å². The maximum Gasteiger partial charge on any atom is 0.338 e. The Labute approximate surface area is 93.8 Å². The molecule has 0 radical (unpaired) electrons. The minimum absolute atomic E-state index is 0.130. The first kappa shape index (κ1) is 10.9. The third-order valence-electron chi connectivity index (χ3n) is 3.10. The lowest BCUT2D eigenvalue weighted by Crippen LogP contribution is -2.27. The molecule has 0 spiro atoms. The van der Waals surface area contributed by atoms with Crippen LogP contribution >= 0.6 is 0 Å². The summed E-state index contributed by atoms with van der Waals surface area (Å²) in [5.74, 6) is 0.162. The Morgan fingerprint density at radius 2 is 2.31 bits per heavy atom. The summed E-state index contributed by atoms with van der Waals surface area (Å²) in [5, 5.41) is 0. The summed E-state index contributed by atoms with van der Waals surface area (Å²) in [6, 6.07) is 2.97. The summed E-state index contributed by atoms with van der Waals surface area (Å²) in [4.78, 5) is 22.9. The van der Waals surface area contributed by atoms with Gasteiger partial charge in [-0.2, -0.15) is 0 Å². The molecular formula is C12H15NO3. The fourth-order valence-electron chi connectivity index (χ4n) is 1.86. The zero-order valence-corrected chi connectivity index (χ0v) is 9.31. The summed E-state index contributed by atoms with van der Waals surface area (Å²) < 4.78 is 6.22. The third-order valence-corrected chi connectivity index (χ3v) is 3.10. The van der Waals surface area contributed by atoms with Gasteiger partial charge in [0.05, 0.1) is 12.7 Å². The van der Waals surface area contributed by atoms with Crippen LogP contribution in [0.2, 0.25) is 0 Å². The fourth-order valence-corrected chi connectivity index (χ4v) is 1.86. The molecule has 0 N–H and O–H groups in total. The summed E-state index contributed by atoms with van der Waals surface area (Å²) in [6.07, 6.45) is 5.34. The van der Waals surface area contributed by atoms with E-state index < -0.39 is 5.97 Å². The molecule has 1 aliphatic carbocycles. The molecule has 0 aromatic carbocycles. The predicted molar refractivity (Wildman–Crippen MR) is 59.4 cm³/mol. The van der Waals surface area contributed by atoms with Crippen molar-refractivity contribution in [2.75, 3.05) is 7.11 Å². The van der Waals surface area contributed by atoms with Gasteiger partial charge in [-0.15, -0.1) is 0 Å². The van der Waals surface area contributed by atoms with Crippen LogP contribution in [0.1, 0.15) is 29.6 Å². The minimum atomic E-state index is -0.465. The van der Waals surface area contributed by atoms with Crippen molar-refractivity contribution in [1.29, 1.82) is 0 Å². The van der Waals surface area contributed by atoms with E-state index in [0.717, 1.165) is 6.54 Å². The Morgan fingerprint density at radius 3 is 2.81 bits per heavy atom. The lowest BCUT2D eigenvalue weighted by molar-refractivity contribution is 0.0600. The number of rotatable bonds is 3. The third kappa shape index (κ3) is 2.15. The second-order valence-electron chi connectivity index (χ2n) is 4.19. The van der Waals surface area contributed by atoms with E-state index in [4.69, 9.17) is 0 Å². The predicted octanol–water partition coefficient (Wildman–Crippen LogP) is 1.43. The number of hydrogen-bond donors (Lipinski definition) is 0. The molecule has 1 aliphatic rings. The first-order valence-electron chi connectivity index (χ1n) is 5.49. The Morgan fingerprint density at radius 1 is 1.56 bits per heavy atom. The molecule has 86 valence electrons. The lowest BCUT2D eigenvalue weighted by atomic mass is 9.85. The van der Waals surface area contributed by atoms with Gasteiger partial charge in [0.15, 0.2) is 0 Å². The molecule has 1 heterocycles. The smallest absolute Gasteiger partial charge is 0.338 e. The van der Waals surface area contributed by atoms with E-state index >= 15 is 0 Å². The molecule has 0 amide bonds. The van der Waals surface area contributed by atoms with Gasteiger partial charge in [-0.25, -0.2) is 4.79 Å². The van der Waals surface area contributed by atoms with Gasteiger partial charge in [0.25, 0.3) is 5.56 Å². The molecule has 4 nitrogen and oxygen atoms in total. The van der Waals surface area contributed by atoms with Crippen LogP contribution in [0.4, 0.5) is 0 Å². The van der Waals surface area contributed by atoms with Gasteiger partial charge < -0.3 is 9.30 Å². The van der Waals surface area contributed by atoms with Crippen LogP contribution in [0, 0.1) is 5.92 Å². The van der Waals surface area contributed by atoms with Crippen molar-refractivity contribution < 1.29 is 9.53 Å². The van der Waals surface area contributed by atoms with E-state index in [1.54, 1.807) is 16.8 Å². The highest BCUT2D eigenvalue weighted by Gasteiger charge is 2.18. The maximum absolute atomic E-state index is 11.7. The summed E-state index contributed by atoms with van der Waals surface area (Å²) in [6.45, 7) is 0.764. The normalized spacial score (nSPS) is 15.6. The molecule has 4 heteroatoms. The lowest BCUT2D eigenvalue weighted by Gasteiger charge is -2.25. The number of esters is 1. The number of methoxy groups -OCH3 is 1. The number of ether oxygens (including phenoxy) is 1. The molecule has 0 bridgehead atoms. The molecule has 0 aliphatic heterocycles. The topological polar surface area (TPSA) is 48.3 Å². The summed E-state index contributed by atoms with van der Waals surface area (Å²) in [5.41, 5.74) is 0.187. The van der Waals surface area contributed by atoms with E-state index in [0.29, 0.717) is 11.5 Å². The van der Waals surface area contributed by atoms with Crippen LogP contribution < -0.4 is 5.56 Å². The van der Waals surface area contributed by atoms with E-state index in [9.17, 15) is 9.59 Å². The number of pyridine rings is 1. The van der Waals surface area contributed by atoms with Crippen molar-refractivity contribution in [2.45, 2.75) is 25.8 Å². The van der Waals surface area contributed by atoms with Gasteiger partial charge in [-0.05, 0) is 24.8 Å². The SMILES string of the molecule is COC(=O)c1ccn(CC2CCC2)c(=O)c1. The molecular weight excluding hydrogens is 206 g/mol. The van der Waals surface area contributed by atoms with Crippen LogP contribution in [-0.2, 0) is 11.3 Å². The average Bonchev–Trinajstić information content (AvgIpc) is 2.23. The highest BCUT2D eigenvalue weighted by atomic mass is 16.5. The minimum Gasteiger partial charge on any atom is -0.465 e. The number of hydrogen-bond acceptors (Lipinski definition) is 3. The Balaban J connectivity index is 2.15. The molecule has 0 unspecified atom stereocenters. The number of carbonyl (C=O) groups excluding carboxylic acids is 1. The van der Waals surface area contributed by atoms with Crippen molar-refractivity contribution >= 4 is 5.97 Å². The van der Waals surface area contributed by atoms with Crippen LogP contribution in [0.15, 0.2) is 23.1 Å². The first-order valence-corrected chi connectivity index (χ1v) is 5.49. The highest BCUT2D eigenvalue weighted by molar-refractivity contribution is 5.88. The molecule has 1 saturated carbocycles. The highest BCUT2D eigenvalue weighted by Crippen LogP contribution is 2.27. The second kappa shape index (κ2) is 4.51. The number of aromatic nitrogens is 1. The molecule has 2 rings (SSSR count).